The number of halogens is 1. The molecule has 0 bridgehead atoms. The predicted octanol–water partition coefficient (Wildman–Crippen LogP) is 3.07. The molecule has 0 radical (unpaired) electrons. The second-order valence-electron chi connectivity index (χ2n) is 7.79. The summed E-state index contributed by atoms with van der Waals surface area (Å²) in [5.41, 5.74) is 1.88. The van der Waals surface area contributed by atoms with Crippen LogP contribution in [0.1, 0.15) is 32.4 Å². The molecule has 1 heterocycles. The fourth-order valence-electron chi connectivity index (χ4n) is 3.58. The molecule has 0 spiro atoms. The van der Waals surface area contributed by atoms with Crippen LogP contribution in [0.25, 0.3) is 11.4 Å². The zero-order chi connectivity index (χ0) is 26.5. The number of nitrogens with one attached hydrogen (secondary N) is 2. The van der Waals surface area contributed by atoms with E-state index in [9.17, 15) is 12.8 Å². The van der Waals surface area contributed by atoms with E-state index in [1.54, 1.807) is 25.4 Å². The number of ether oxygens (including phenoxy) is 2. The Kier molecular flexibility index (Phi) is 8.56. The molecule has 6 N–H and O–H groups in total. The number of benzene rings is 2. The average molecular weight is 518 g/mol. The molecule has 0 aliphatic rings. The van der Waals surface area contributed by atoms with Crippen LogP contribution in [-0.2, 0) is 10.0 Å². The zero-order valence-corrected chi connectivity index (χ0v) is 21.4. The molecule has 3 rings (SSSR count). The molecule has 12 heteroatoms. The highest BCUT2D eigenvalue weighted by Gasteiger charge is 2.24. The molecule has 0 saturated heterocycles. The van der Waals surface area contributed by atoms with Crippen molar-refractivity contribution in [2.45, 2.75) is 31.6 Å². The van der Waals surface area contributed by atoms with E-state index in [1.807, 2.05) is 6.92 Å². The first kappa shape index (κ1) is 27.0. The number of anilines is 2. The van der Waals surface area contributed by atoms with Gasteiger partial charge in [0.2, 0.25) is 15.7 Å². The van der Waals surface area contributed by atoms with E-state index < -0.39 is 15.8 Å². The largest absolute Gasteiger partial charge is 0.494 e. The van der Waals surface area contributed by atoms with Gasteiger partial charge in [0.15, 0.2) is 28.9 Å². The van der Waals surface area contributed by atoms with Crippen molar-refractivity contribution in [1.82, 2.24) is 9.97 Å². The van der Waals surface area contributed by atoms with Gasteiger partial charge in [0.25, 0.3) is 0 Å². The molecule has 1 aromatic heterocycles. The number of sulfonamides is 1. The molecule has 3 aromatic rings. The third-order valence-corrected chi connectivity index (χ3v) is 6.17. The van der Waals surface area contributed by atoms with Crippen molar-refractivity contribution in [3.63, 3.8) is 0 Å². The van der Waals surface area contributed by atoms with E-state index in [0.717, 1.165) is 6.42 Å². The van der Waals surface area contributed by atoms with Gasteiger partial charge in [-0.15, -0.1) is 0 Å². The number of hydrogen-bond acceptors (Lipinski definition) is 8. The number of methoxy groups -OCH3 is 1. The maximum absolute atomic E-state index is 14.4. The summed E-state index contributed by atoms with van der Waals surface area (Å²) < 4.78 is 49.1. The molecule has 0 saturated carbocycles. The van der Waals surface area contributed by atoms with Gasteiger partial charge in [-0.3, -0.25) is 0 Å². The molecule has 10 nitrogen and oxygen atoms in total. The van der Waals surface area contributed by atoms with Crippen molar-refractivity contribution < 1.29 is 27.6 Å². The van der Waals surface area contributed by atoms with Crippen LogP contribution in [0.5, 0.6) is 11.5 Å². The predicted molar refractivity (Wildman–Crippen MR) is 135 cm³/mol. The van der Waals surface area contributed by atoms with E-state index in [2.05, 4.69) is 15.3 Å². The van der Waals surface area contributed by atoms with Gasteiger partial charge in [-0.2, -0.15) is 0 Å². The summed E-state index contributed by atoms with van der Waals surface area (Å²) in [5.74, 6) is 0.329. The van der Waals surface area contributed by atoms with Gasteiger partial charge >= 0.3 is 0 Å². The van der Waals surface area contributed by atoms with Gasteiger partial charge in [-0.25, -0.2) is 27.9 Å². The van der Waals surface area contributed by atoms with Crippen LogP contribution in [0.3, 0.4) is 0 Å². The van der Waals surface area contributed by atoms with Crippen molar-refractivity contribution in [1.29, 1.82) is 5.41 Å². The summed E-state index contributed by atoms with van der Waals surface area (Å²) in [6.07, 6.45) is 1.18. The molecule has 36 heavy (non-hydrogen) atoms. The SMILES string of the molecule is CCCC(=N)c1nc(-c2cc(S(N)(=O)=O)ccc2OCC)nc(Nc2ccc(OC)c(F)c2)c1[NH2+]C. The molecule has 0 aliphatic carbocycles. The minimum Gasteiger partial charge on any atom is -0.494 e. The van der Waals surface area contributed by atoms with Gasteiger partial charge in [0.05, 0.1) is 36.9 Å². The Morgan fingerprint density at radius 1 is 1.17 bits per heavy atom. The van der Waals surface area contributed by atoms with Crippen LogP contribution in [-0.4, -0.2) is 44.9 Å². The highest BCUT2D eigenvalue weighted by atomic mass is 32.2. The molecule has 0 aliphatic heterocycles. The molecular formula is C24H30FN6O4S+. The van der Waals surface area contributed by atoms with Crippen molar-refractivity contribution in [3.05, 3.63) is 47.9 Å². The summed E-state index contributed by atoms with van der Waals surface area (Å²) in [4.78, 5) is 9.13. The number of nitrogens with zero attached hydrogens (tertiary/aromatic N) is 2. The summed E-state index contributed by atoms with van der Waals surface area (Å²) in [7, 11) is -0.847. The van der Waals surface area contributed by atoms with Crippen LogP contribution in [0.4, 0.5) is 21.6 Å². The van der Waals surface area contributed by atoms with Crippen LogP contribution in [0.2, 0.25) is 0 Å². The average Bonchev–Trinajstić information content (AvgIpc) is 2.83. The van der Waals surface area contributed by atoms with Gasteiger partial charge in [0.1, 0.15) is 5.75 Å². The van der Waals surface area contributed by atoms with E-state index in [-0.39, 0.29) is 22.2 Å². The lowest BCUT2D eigenvalue weighted by Gasteiger charge is -2.16. The van der Waals surface area contributed by atoms with E-state index >= 15 is 0 Å². The third-order valence-electron chi connectivity index (χ3n) is 5.26. The van der Waals surface area contributed by atoms with Gasteiger partial charge < -0.3 is 25.5 Å². The quantitative estimate of drug-likeness (QED) is 0.285. The Bertz CT molecular complexity index is 1380. The van der Waals surface area contributed by atoms with E-state index in [0.29, 0.717) is 47.2 Å². The number of quaternary nitrogens is 1. The Morgan fingerprint density at radius 2 is 1.89 bits per heavy atom. The maximum atomic E-state index is 14.4. The summed E-state index contributed by atoms with van der Waals surface area (Å²) in [6.45, 7) is 4.06. The summed E-state index contributed by atoms with van der Waals surface area (Å²) in [6, 6.07) is 8.56. The lowest BCUT2D eigenvalue weighted by Crippen LogP contribution is -2.73. The Labute approximate surface area is 209 Å². The van der Waals surface area contributed by atoms with Crippen molar-refractivity contribution in [3.8, 4) is 22.9 Å². The number of nitrogens with two attached hydrogens (primary N) is 2. The molecule has 0 atom stereocenters. The standard InChI is InChI=1S/C24H29FN6O4S/c1-5-7-18(26)21-22(28-3)24(29-14-8-10-20(34-4)17(25)12-14)31-23(30-21)16-13-15(36(27,32)33)9-11-19(16)35-6-2/h8-13,26,28H,5-7H2,1-4H3,(H2,27,32,33)(H,29,30,31)/p+1. The molecular weight excluding hydrogens is 487 g/mol. The Morgan fingerprint density at radius 3 is 2.47 bits per heavy atom. The number of rotatable bonds is 11. The van der Waals surface area contributed by atoms with Crippen molar-refractivity contribution in [2.24, 2.45) is 5.14 Å². The molecule has 192 valence electrons. The van der Waals surface area contributed by atoms with Crippen molar-refractivity contribution in [2.75, 3.05) is 26.1 Å². The van der Waals surface area contributed by atoms with E-state index in [4.69, 9.17) is 20.0 Å². The topological polar surface area (TPSA) is 157 Å². The van der Waals surface area contributed by atoms with Gasteiger partial charge in [-0.05, 0) is 43.7 Å². The smallest absolute Gasteiger partial charge is 0.238 e. The lowest BCUT2D eigenvalue weighted by atomic mass is 10.1. The first-order valence-corrected chi connectivity index (χ1v) is 12.9. The maximum Gasteiger partial charge on any atom is 0.238 e. The number of primary sulfonamides is 1. The van der Waals surface area contributed by atoms with Crippen LogP contribution >= 0.6 is 0 Å². The zero-order valence-electron chi connectivity index (χ0n) is 20.6. The number of hydrogen-bond donors (Lipinski definition) is 4. The minimum absolute atomic E-state index is 0.0952. The second-order valence-corrected chi connectivity index (χ2v) is 9.35. The highest BCUT2D eigenvalue weighted by Crippen LogP contribution is 2.34. The Hall–Kier alpha value is -3.61. The fraction of sp³-hybridized carbons (Fsp3) is 0.292. The van der Waals surface area contributed by atoms with Crippen LogP contribution in [0, 0.1) is 11.2 Å². The molecule has 0 fully saturated rings. The normalized spacial score (nSPS) is 11.3. The van der Waals surface area contributed by atoms with Crippen molar-refractivity contribution >= 4 is 32.9 Å². The molecule has 0 amide bonds. The minimum atomic E-state index is -4.01. The number of aromatic nitrogens is 2. The summed E-state index contributed by atoms with van der Waals surface area (Å²) in [5, 5.41) is 18.8. The summed E-state index contributed by atoms with van der Waals surface area (Å²) >= 11 is 0. The molecule has 0 unspecified atom stereocenters. The monoisotopic (exact) mass is 517 g/mol. The molecule has 2 aromatic carbocycles. The second kappa shape index (κ2) is 11.4. The van der Waals surface area contributed by atoms with Crippen LogP contribution < -0.4 is 25.2 Å². The highest BCUT2D eigenvalue weighted by molar-refractivity contribution is 7.89. The Balaban J connectivity index is 2.27. The van der Waals surface area contributed by atoms with Gasteiger partial charge in [0, 0.05) is 11.8 Å². The lowest BCUT2D eigenvalue weighted by molar-refractivity contribution is -0.539. The third kappa shape index (κ3) is 5.96. The first-order valence-electron chi connectivity index (χ1n) is 11.3. The van der Waals surface area contributed by atoms with Gasteiger partial charge in [-0.1, -0.05) is 13.3 Å². The van der Waals surface area contributed by atoms with Crippen LogP contribution in [0.15, 0.2) is 41.3 Å². The van der Waals surface area contributed by atoms with E-state index in [1.165, 1.54) is 37.4 Å². The first-order chi connectivity index (χ1) is 17.1. The fourth-order valence-corrected chi connectivity index (χ4v) is 4.12.